The maximum atomic E-state index is 12.9. The van der Waals surface area contributed by atoms with Gasteiger partial charge in [0.2, 0.25) is 15.9 Å². The van der Waals surface area contributed by atoms with Gasteiger partial charge in [-0.3, -0.25) is 4.79 Å². The molecule has 0 heterocycles. The molecule has 2 aromatic rings. The molecule has 0 saturated carbocycles. The highest BCUT2D eigenvalue weighted by Gasteiger charge is 2.30. The maximum absolute atomic E-state index is 12.9. The predicted octanol–water partition coefficient (Wildman–Crippen LogP) is 3.05. The summed E-state index contributed by atoms with van der Waals surface area (Å²) in [5, 5.41) is 2.78. The van der Waals surface area contributed by atoms with Crippen molar-refractivity contribution in [3.05, 3.63) is 60.2 Å². The first-order valence-electron chi connectivity index (χ1n) is 8.24. The van der Waals surface area contributed by atoms with E-state index in [9.17, 15) is 13.2 Å². The number of sulfonamides is 1. The second-order valence-electron chi connectivity index (χ2n) is 6.28. The first-order valence-corrected chi connectivity index (χ1v) is 10.1. The number of rotatable bonds is 7. The number of benzene rings is 2. The molecule has 0 bridgehead atoms. The van der Waals surface area contributed by atoms with E-state index in [2.05, 4.69) is 5.32 Å². The van der Waals surface area contributed by atoms with Gasteiger partial charge in [0, 0.05) is 18.8 Å². The number of likely N-dealkylation sites (N-methyl/N-ethyl adjacent to an activating group) is 1. The molecule has 0 spiro atoms. The Morgan fingerprint density at radius 3 is 2.31 bits per heavy atom. The van der Waals surface area contributed by atoms with E-state index >= 15 is 0 Å². The van der Waals surface area contributed by atoms with E-state index in [1.54, 1.807) is 48.5 Å². The van der Waals surface area contributed by atoms with Crippen molar-refractivity contribution in [2.45, 2.75) is 26.0 Å². The molecule has 1 atom stereocenters. The Morgan fingerprint density at radius 1 is 1.08 bits per heavy atom. The fourth-order valence-electron chi connectivity index (χ4n) is 2.48. The van der Waals surface area contributed by atoms with Gasteiger partial charge in [-0.2, -0.15) is 4.31 Å². The Bertz CT molecular complexity index is 851. The van der Waals surface area contributed by atoms with Crippen molar-refractivity contribution in [2.75, 3.05) is 18.6 Å². The lowest BCUT2D eigenvalue weighted by atomic mass is 10.1. The van der Waals surface area contributed by atoms with Gasteiger partial charge in [0.05, 0.1) is 12.4 Å². The Hall–Kier alpha value is -2.38. The van der Waals surface area contributed by atoms with Crippen LogP contribution in [0, 0.1) is 0 Å². The Kier molecular flexibility index (Phi) is 6.39. The molecule has 2 rings (SSSR count). The van der Waals surface area contributed by atoms with E-state index in [1.165, 1.54) is 7.05 Å². The molecule has 0 fully saturated rings. The summed E-state index contributed by atoms with van der Waals surface area (Å²) in [6.07, 6.45) is 1.09. The van der Waals surface area contributed by atoms with Crippen LogP contribution in [-0.4, -0.2) is 38.0 Å². The van der Waals surface area contributed by atoms with Gasteiger partial charge in [-0.15, -0.1) is 0 Å². The maximum Gasteiger partial charge on any atom is 0.247 e. The van der Waals surface area contributed by atoms with Crippen molar-refractivity contribution in [3.8, 4) is 5.75 Å². The van der Waals surface area contributed by atoms with Crippen LogP contribution in [0.5, 0.6) is 5.75 Å². The molecule has 7 heteroatoms. The average molecular weight is 376 g/mol. The molecule has 0 aromatic heterocycles. The van der Waals surface area contributed by atoms with Crippen molar-refractivity contribution < 1.29 is 17.9 Å². The van der Waals surface area contributed by atoms with Crippen molar-refractivity contribution in [2.24, 2.45) is 0 Å². The molecular formula is C19H24N2O4S. The third-order valence-electron chi connectivity index (χ3n) is 3.72. The van der Waals surface area contributed by atoms with Crippen LogP contribution in [0.25, 0.3) is 0 Å². The van der Waals surface area contributed by atoms with Crippen molar-refractivity contribution in [1.29, 1.82) is 0 Å². The van der Waals surface area contributed by atoms with E-state index in [1.807, 2.05) is 19.9 Å². The Morgan fingerprint density at radius 2 is 1.73 bits per heavy atom. The third kappa shape index (κ3) is 5.31. The lowest BCUT2D eigenvalue weighted by Crippen LogP contribution is -2.38. The van der Waals surface area contributed by atoms with Crippen molar-refractivity contribution in [3.63, 3.8) is 0 Å². The second kappa shape index (κ2) is 8.33. The molecule has 2 aromatic carbocycles. The number of nitrogens with zero attached hydrogens (tertiary/aromatic N) is 1. The highest BCUT2D eigenvalue weighted by Crippen LogP contribution is 2.25. The fraction of sp³-hybridized carbons (Fsp3) is 0.316. The summed E-state index contributed by atoms with van der Waals surface area (Å²) in [6.45, 7) is 3.83. The van der Waals surface area contributed by atoms with Crippen LogP contribution in [0.1, 0.15) is 25.5 Å². The first kappa shape index (κ1) is 19.9. The number of anilines is 1. The van der Waals surface area contributed by atoms with Gasteiger partial charge in [0.25, 0.3) is 0 Å². The lowest BCUT2D eigenvalue weighted by Gasteiger charge is -2.25. The molecule has 140 valence electrons. The van der Waals surface area contributed by atoms with Gasteiger partial charge in [-0.05, 0) is 31.5 Å². The van der Waals surface area contributed by atoms with Crippen LogP contribution < -0.4 is 10.1 Å². The summed E-state index contributed by atoms with van der Waals surface area (Å²) >= 11 is 0. The smallest absolute Gasteiger partial charge is 0.247 e. The average Bonchev–Trinajstić information content (AvgIpc) is 2.54. The summed E-state index contributed by atoms with van der Waals surface area (Å²) < 4.78 is 30.7. The molecular weight excluding hydrogens is 352 g/mol. The monoisotopic (exact) mass is 376 g/mol. The molecule has 0 aliphatic rings. The van der Waals surface area contributed by atoms with Gasteiger partial charge >= 0.3 is 0 Å². The standard InChI is InChI=1S/C19H24N2O4S/c1-14(2)25-17-12-8-11-16(13-17)20-19(22)18(21(3)26(4,23)24)15-9-6-5-7-10-15/h5-14,18H,1-4H3,(H,20,22)/t18-/m1/s1. The molecule has 6 nitrogen and oxygen atoms in total. The summed E-state index contributed by atoms with van der Waals surface area (Å²) in [6, 6.07) is 14.8. The van der Waals surface area contributed by atoms with E-state index in [0.29, 0.717) is 17.0 Å². The highest BCUT2D eigenvalue weighted by molar-refractivity contribution is 7.88. The van der Waals surface area contributed by atoms with Crippen LogP contribution in [0.3, 0.4) is 0 Å². The summed E-state index contributed by atoms with van der Waals surface area (Å²) in [5.74, 6) is 0.191. The molecule has 1 amide bonds. The van der Waals surface area contributed by atoms with Gasteiger partial charge in [-0.25, -0.2) is 8.42 Å². The fourth-order valence-corrected chi connectivity index (χ4v) is 3.08. The first-order chi connectivity index (χ1) is 12.2. The quantitative estimate of drug-likeness (QED) is 0.806. The number of carbonyl (C=O) groups is 1. The minimum absolute atomic E-state index is 0.00869. The highest BCUT2D eigenvalue weighted by atomic mass is 32.2. The number of ether oxygens (including phenoxy) is 1. The van der Waals surface area contributed by atoms with E-state index in [-0.39, 0.29) is 6.10 Å². The topological polar surface area (TPSA) is 75.7 Å². The van der Waals surface area contributed by atoms with E-state index in [4.69, 9.17) is 4.74 Å². The zero-order valence-electron chi connectivity index (χ0n) is 15.3. The van der Waals surface area contributed by atoms with E-state index < -0.39 is 22.0 Å². The Labute approximate surface area is 154 Å². The van der Waals surface area contributed by atoms with Gasteiger partial charge in [-0.1, -0.05) is 36.4 Å². The summed E-state index contributed by atoms with van der Waals surface area (Å²) in [5.41, 5.74) is 1.13. The molecule has 1 N–H and O–H groups in total. The number of hydrogen-bond acceptors (Lipinski definition) is 4. The van der Waals surface area contributed by atoms with E-state index in [0.717, 1.165) is 10.6 Å². The molecule has 26 heavy (non-hydrogen) atoms. The lowest BCUT2D eigenvalue weighted by molar-refractivity contribution is -0.119. The molecule has 0 unspecified atom stereocenters. The largest absolute Gasteiger partial charge is 0.491 e. The van der Waals surface area contributed by atoms with Gasteiger partial charge in [0.1, 0.15) is 11.8 Å². The van der Waals surface area contributed by atoms with Crippen molar-refractivity contribution in [1.82, 2.24) is 4.31 Å². The van der Waals surface area contributed by atoms with Crippen LogP contribution in [0.4, 0.5) is 5.69 Å². The Balaban J connectivity index is 2.30. The third-order valence-corrected chi connectivity index (χ3v) is 4.98. The zero-order valence-corrected chi connectivity index (χ0v) is 16.2. The van der Waals surface area contributed by atoms with Gasteiger partial charge < -0.3 is 10.1 Å². The second-order valence-corrected chi connectivity index (χ2v) is 8.32. The normalized spacial score (nSPS) is 12.8. The number of nitrogens with one attached hydrogen (secondary N) is 1. The minimum atomic E-state index is -3.56. The number of carbonyl (C=O) groups excluding carboxylic acids is 1. The molecule has 0 aliphatic carbocycles. The van der Waals surface area contributed by atoms with Crippen LogP contribution in [0.15, 0.2) is 54.6 Å². The number of hydrogen-bond donors (Lipinski definition) is 1. The van der Waals surface area contributed by atoms with Crippen LogP contribution >= 0.6 is 0 Å². The molecule has 0 aliphatic heterocycles. The molecule has 0 saturated heterocycles. The predicted molar refractivity (Wildman–Crippen MR) is 103 cm³/mol. The summed E-state index contributed by atoms with van der Waals surface area (Å²) in [7, 11) is -2.17. The SMILES string of the molecule is CC(C)Oc1cccc(NC(=O)[C@@H](c2ccccc2)N(C)S(C)(=O)=O)c1. The minimum Gasteiger partial charge on any atom is -0.491 e. The van der Waals surface area contributed by atoms with Crippen molar-refractivity contribution >= 4 is 21.6 Å². The molecule has 0 radical (unpaired) electrons. The number of amides is 1. The van der Waals surface area contributed by atoms with Crippen LogP contribution in [-0.2, 0) is 14.8 Å². The zero-order chi connectivity index (χ0) is 19.3. The van der Waals surface area contributed by atoms with Crippen LogP contribution in [0.2, 0.25) is 0 Å². The van der Waals surface area contributed by atoms with Gasteiger partial charge in [0.15, 0.2) is 0 Å². The summed E-state index contributed by atoms with van der Waals surface area (Å²) in [4.78, 5) is 12.9.